The van der Waals surface area contributed by atoms with Gasteiger partial charge in [-0.2, -0.15) is 0 Å². The fourth-order valence-electron chi connectivity index (χ4n) is 2.54. The van der Waals surface area contributed by atoms with Crippen molar-refractivity contribution < 1.29 is 14.7 Å². The van der Waals surface area contributed by atoms with Crippen molar-refractivity contribution in [1.82, 2.24) is 5.32 Å². The maximum atomic E-state index is 12.2. The average molecular weight is 307 g/mol. The second-order valence-corrected chi connectivity index (χ2v) is 6.71. The molecule has 0 saturated carbocycles. The van der Waals surface area contributed by atoms with Crippen molar-refractivity contribution in [3.8, 4) is 0 Å². The maximum Gasteiger partial charge on any atom is 0.326 e. The van der Waals surface area contributed by atoms with Gasteiger partial charge in [-0.1, -0.05) is 19.1 Å². The lowest BCUT2D eigenvalue weighted by Crippen LogP contribution is -2.40. The summed E-state index contributed by atoms with van der Waals surface area (Å²) >= 11 is 1.50. The molecule has 0 bridgehead atoms. The van der Waals surface area contributed by atoms with Gasteiger partial charge in [0.1, 0.15) is 6.04 Å². The molecule has 1 aliphatic rings. The number of aryl methyl sites for hydroxylation is 1. The predicted octanol–water partition coefficient (Wildman–Crippen LogP) is 3.02. The van der Waals surface area contributed by atoms with E-state index >= 15 is 0 Å². The van der Waals surface area contributed by atoms with Crippen molar-refractivity contribution in [1.29, 1.82) is 0 Å². The minimum Gasteiger partial charge on any atom is -0.480 e. The van der Waals surface area contributed by atoms with E-state index in [1.807, 2.05) is 13.0 Å². The van der Waals surface area contributed by atoms with Gasteiger partial charge in [0.05, 0.1) is 4.88 Å². The Balaban J connectivity index is 2.07. The highest BCUT2D eigenvalue weighted by molar-refractivity contribution is 7.14. The molecule has 4 nitrogen and oxygen atoms in total. The molecule has 2 atom stereocenters. The van der Waals surface area contributed by atoms with Gasteiger partial charge in [-0.05, 0) is 50.2 Å². The van der Waals surface area contributed by atoms with Crippen LogP contribution in [0.1, 0.15) is 46.8 Å². The predicted molar refractivity (Wildman–Crippen MR) is 83.8 cm³/mol. The van der Waals surface area contributed by atoms with Crippen LogP contribution in [0.25, 0.3) is 0 Å². The summed E-state index contributed by atoms with van der Waals surface area (Å²) in [5.41, 5.74) is 1.25. The van der Waals surface area contributed by atoms with E-state index in [9.17, 15) is 9.59 Å². The lowest BCUT2D eigenvalue weighted by Gasteiger charge is -2.16. The summed E-state index contributed by atoms with van der Waals surface area (Å²) in [5.74, 6) is -0.625. The lowest BCUT2D eigenvalue weighted by molar-refractivity contribution is -0.139. The standard InChI is InChI=1S/C16H21NO3S/c1-3-4-5-12(16(19)20)17-15(18)14-9-11-8-10(2)6-7-13(11)21-14/h3-4,9-10,12H,5-8H2,1-2H3,(H,17,18)(H,19,20)/b4-3+. The molecule has 1 amide bonds. The fourth-order valence-corrected chi connectivity index (χ4v) is 3.65. The Hall–Kier alpha value is -1.62. The minimum absolute atomic E-state index is 0.279. The Morgan fingerprint density at radius 3 is 3.00 bits per heavy atom. The summed E-state index contributed by atoms with van der Waals surface area (Å²) in [6.07, 6.45) is 7.04. The van der Waals surface area contributed by atoms with Gasteiger partial charge in [0, 0.05) is 4.88 Å². The van der Waals surface area contributed by atoms with Crippen LogP contribution in [0.2, 0.25) is 0 Å². The molecular formula is C16H21NO3S. The van der Waals surface area contributed by atoms with Gasteiger partial charge in [0.25, 0.3) is 5.91 Å². The first kappa shape index (κ1) is 15.8. The minimum atomic E-state index is -1.00. The van der Waals surface area contributed by atoms with Crippen LogP contribution in [0.5, 0.6) is 0 Å². The number of fused-ring (bicyclic) bond motifs is 1. The number of carbonyl (C=O) groups is 2. The Bertz CT molecular complexity index is 562. The average Bonchev–Trinajstić information content (AvgIpc) is 2.85. The number of thiophene rings is 1. The zero-order valence-corrected chi connectivity index (χ0v) is 13.2. The van der Waals surface area contributed by atoms with E-state index in [2.05, 4.69) is 12.2 Å². The van der Waals surface area contributed by atoms with Crippen molar-refractivity contribution in [3.05, 3.63) is 33.5 Å². The first-order valence-corrected chi connectivity index (χ1v) is 8.09. The topological polar surface area (TPSA) is 66.4 Å². The van der Waals surface area contributed by atoms with E-state index in [0.29, 0.717) is 17.2 Å². The van der Waals surface area contributed by atoms with E-state index < -0.39 is 12.0 Å². The quantitative estimate of drug-likeness (QED) is 0.822. The summed E-state index contributed by atoms with van der Waals surface area (Å²) in [6, 6.07) is 1.06. The zero-order chi connectivity index (χ0) is 15.4. The number of hydrogen-bond acceptors (Lipinski definition) is 3. The summed E-state index contributed by atoms with van der Waals surface area (Å²) < 4.78 is 0. The molecule has 2 rings (SSSR count). The SMILES string of the molecule is C/C=C/CC(NC(=O)c1cc2c(s1)CCC(C)C2)C(=O)O. The summed E-state index contributed by atoms with van der Waals surface area (Å²) in [6.45, 7) is 4.05. The van der Waals surface area contributed by atoms with Crippen LogP contribution in [-0.2, 0) is 17.6 Å². The van der Waals surface area contributed by atoms with Crippen LogP contribution in [0.3, 0.4) is 0 Å². The van der Waals surface area contributed by atoms with E-state index in [0.717, 1.165) is 19.3 Å². The zero-order valence-electron chi connectivity index (χ0n) is 12.4. The molecule has 21 heavy (non-hydrogen) atoms. The van der Waals surface area contributed by atoms with Crippen LogP contribution in [-0.4, -0.2) is 23.0 Å². The van der Waals surface area contributed by atoms with E-state index in [1.165, 1.54) is 21.8 Å². The van der Waals surface area contributed by atoms with Crippen LogP contribution in [0, 0.1) is 5.92 Å². The molecule has 1 aromatic rings. The molecule has 0 aliphatic heterocycles. The van der Waals surface area contributed by atoms with Crippen molar-refractivity contribution >= 4 is 23.2 Å². The number of nitrogens with one attached hydrogen (secondary N) is 1. The molecule has 0 saturated heterocycles. The van der Waals surface area contributed by atoms with Gasteiger partial charge < -0.3 is 10.4 Å². The Morgan fingerprint density at radius 2 is 2.33 bits per heavy atom. The number of aliphatic carboxylic acids is 1. The first-order chi connectivity index (χ1) is 10.0. The molecule has 2 N–H and O–H groups in total. The normalized spacial score (nSPS) is 19.2. The van der Waals surface area contributed by atoms with E-state index in [4.69, 9.17) is 5.11 Å². The lowest BCUT2D eigenvalue weighted by atomic mass is 9.90. The molecule has 1 aromatic heterocycles. The molecule has 0 radical (unpaired) electrons. The van der Waals surface area contributed by atoms with Gasteiger partial charge in [0.15, 0.2) is 0 Å². The van der Waals surface area contributed by atoms with Crippen molar-refractivity contribution in [2.75, 3.05) is 0 Å². The second-order valence-electron chi connectivity index (χ2n) is 5.58. The van der Waals surface area contributed by atoms with Gasteiger partial charge >= 0.3 is 5.97 Å². The maximum absolute atomic E-state index is 12.2. The molecule has 0 spiro atoms. The first-order valence-electron chi connectivity index (χ1n) is 7.27. The summed E-state index contributed by atoms with van der Waals surface area (Å²) in [5, 5.41) is 11.8. The molecule has 1 aliphatic carbocycles. The Labute approximate surface area is 128 Å². The van der Waals surface area contributed by atoms with E-state index in [-0.39, 0.29) is 5.91 Å². The van der Waals surface area contributed by atoms with E-state index in [1.54, 1.807) is 12.2 Å². The number of carboxylic acids is 1. The summed E-state index contributed by atoms with van der Waals surface area (Å²) in [7, 11) is 0. The summed E-state index contributed by atoms with van der Waals surface area (Å²) in [4.78, 5) is 25.3. The number of rotatable bonds is 5. The van der Waals surface area contributed by atoms with Gasteiger partial charge in [-0.25, -0.2) is 4.79 Å². The largest absolute Gasteiger partial charge is 0.480 e. The molecule has 0 aromatic carbocycles. The number of allylic oxidation sites excluding steroid dienone is 1. The molecule has 5 heteroatoms. The fraction of sp³-hybridized carbons (Fsp3) is 0.500. The third kappa shape index (κ3) is 3.94. The Kier molecular flexibility index (Phi) is 5.17. The van der Waals surface area contributed by atoms with Crippen molar-refractivity contribution in [2.24, 2.45) is 5.92 Å². The number of amides is 1. The smallest absolute Gasteiger partial charge is 0.326 e. The third-order valence-electron chi connectivity index (χ3n) is 3.76. The highest BCUT2D eigenvalue weighted by atomic mass is 32.1. The number of carboxylic acid groups (broad SMARTS) is 1. The number of hydrogen-bond donors (Lipinski definition) is 2. The molecule has 1 heterocycles. The Morgan fingerprint density at radius 1 is 1.57 bits per heavy atom. The van der Waals surface area contributed by atoms with Gasteiger partial charge in [-0.3, -0.25) is 4.79 Å². The van der Waals surface area contributed by atoms with Gasteiger partial charge in [0.2, 0.25) is 0 Å². The molecule has 2 unspecified atom stereocenters. The second kappa shape index (κ2) is 6.89. The highest BCUT2D eigenvalue weighted by Crippen LogP contribution is 2.32. The van der Waals surface area contributed by atoms with Crippen LogP contribution in [0.15, 0.2) is 18.2 Å². The molecule has 114 valence electrons. The van der Waals surface area contributed by atoms with Crippen molar-refractivity contribution in [2.45, 2.75) is 45.6 Å². The monoisotopic (exact) mass is 307 g/mol. The number of carbonyl (C=O) groups excluding carboxylic acids is 1. The molecule has 0 fully saturated rings. The highest BCUT2D eigenvalue weighted by Gasteiger charge is 2.23. The van der Waals surface area contributed by atoms with Gasteiger partial charge in [-0.15, -0.1) is 11.3 Å². The van der Waals surface area contributed by atoms with Crippen LogP contribution >= 0.6 is 11.3 Å². The molecular weight excluding hydrogens is 286 g/mol. The third-order valence-corrected chi connectivity index (χ3v) is 5.00. The van der Waals surface area contributed by atoms with Crippen LogP contribution in [0.4, 0.5) is 0 Å². The van der Waals surface area contributed by atoms with Crippen molar-refractivity contribution in [3.63, 3.8) is 0 Å². The van der Waals surface area contributed by atoms with Crippen LogP contribution < -0.4 is 5.32 Å².